The molecule has 5 nitrogen and oxygen atoms in total. The summed E-state index contributed by atoms with van der Waals surface area (Å²) in [5, 5.41) is 5.96. The molecule has 1 aliphatic heterocycles. The van der Waals surface area contributed by atoms with Gasteiger partial charge in [-0.2, -0.15) is 0 Å². The zero-order chi connectivity index (χ0) is 16.2. The summed E-state index contributed by atoms with van der Waals surface area (Å²) in [6.45, 7) is 1.69. The van der Waals surface area contributed by atoms with Gasteiger partial charge in [-0.25, -0.2) is 0 Å². The lowest BCUT2D eigenvalue weighted by atomic mass is 10.1. The van der Waals surface area contributed by atoms with Gasteiger partial charge in [-0.15, -0.1) is 0 Å². The maximum Gasteiger partial charge on any atom is 0.253 e. The van der Waals surface area contributed by atoms with Crippen LogP contribution in [0, 0.1) is 5.92 Å². The van der Waals surface area contributed by atoms with Crippen LogP contribution in [0.15, 0.2) is 24.3 Å². The number of nitrogens with one attached hydrogen (secondary N) is 2. The normalized spacial score (nSPS) is 17.5. The van der Waals surface area contributed by atoms with E-state index >= 15 is 0 Å². The van der Waals surface area contributed by atoms with E-state index in [0.717, 1.165) is 44.5 Å². The zero-order valence-corrected chi connectivity index (χ0v) is 13.8. The van der Waals surface area contributed by atoms with Gasteiger partial charge in [-0.05, 0) is 68.6 Å². The molecule has 1 aromatic rings. The molecular formula is C17H21N3O2S. The van der Waals surface area contributed by atoms with Crippen molar-refractivity contribution in [3.8, 4) is 0 Å². The van der Waals surface area contributed by atoms with Crippen molar-refractivity contribution in [2.24, 2.45) is 5.92 Å². The van der Waals surface area contributed by atoms with Gasteiger partial charge in [-0.3, -0.25) is 9.59 Å². The second-order valence-corrected chi connectivity index (χ2v) is 6.56. The van der Waals surface area contributed by atoms with Gasteiger partial charge >= 0.3 is 0 Å². The molecule has 1 aromatic carbocycles. The molecule has 6 heteroatoms. The summed E-state index contributed by atoms with van der Waals surface area (Å²) in [6, 6.07) is 7.22. The lowest BCUT2D eigenvalue weighted by Gasteiger charge is -2.26. The van der Waals surface area contributed by atoms with Crippen LogP contribution in [0.25, 0.3) is 0 Å². The lowest BCUT2D eigenvalue weighted by Crippen LogP contribution is -2.36. The number of hydrogen-bond donors (Lipinski definition) is 2. The van der Waals surface area contributed by atoms with Crippen LogP contribution in [-0.4, -0.2) is 34.9 Å². The van der Waals surface area contributed by atoms with Crippen LogP contribution in [0.4, 0.5) is 5.69 Å². The van der Waals surface area contributed by atoms with Gasteiger partial charge in [0.1, 0.15) is 0 Å². The minimum absolute atomic E-state index is 0.0144. The van der Waals surface area contributed by atoms with E-state index in [-0.39, 0.29) is 17.7 Å². The molecule has 2 aliphatic rings. The average Bonchev–Trinajstić information content (AvgIpc) is 3.40. The van der Waals surface area contributed by atoms with E-state index in [1.54, 1.807) is 12.1 Å². The average molecular weight is 331 g/mol. The van der Waals surface area contributed by atoms with Crippen molar-refractivity contribution in [1.82, 2.24) is 10.2 Å². The predicted octanol–water partition coefficient (Wildman–Crippen LogP) is 2.54. The van der Waals surface area contributed by atoms with E-state index < -0.39 is 0 Å². The minimum Gasteiger partial charge on any atom is -0.339 e. The van der Waals surface area contributed by atoms with Gasteiger partial charge in [0.25, 0.3) is 5.91 Å². The highest BCUT2D eigenvalue weighted by Crippen LogP contribution is 2.28. The molecule has 1 aliphatic carbocycles. The van der Waals surface area contributed by atoms with Crippen molar-refractivity contribution in [3.63, 3.8) is 0 Å². The van der Waals surface area contributed by atoms with E-state index in [4.69, 9.17) is 12.2 Å². The Kier molecular flexibility index (Phi) is 4.91. The summed E-state index contributed by atoms with van der Waals surface area (Å²) < 4.78 is 0. The lowest BCUT2D eigenvalue weighted by molar-refractivity contribution is -0.120. The molecule has 0 spiro atoms. The van der Waals surface area contributed by atoms with Crippen LogP contribution >= 0.6 is 12.2 Å². The molecule has 2 N–H and O–H groups in total. The standard InChI is InChI=1S/C17H21N3O2S/c21-15(12-4-5-12)19-17(23)18-14-8-6-13(7-9-14)16(22)20-10-2-1-3-11-20/h6-9,12H,1-5,10-11H2,(H2,18,19,21,23). The first-order valence-electron chi connectivity index (χ1n) is 8.14. The monoisotopic (exact) mass is 331 g/mol. The first-order chi connectivity index (χ1) is 11.1. The third-order valence-corrected chi connectivity index (χ3v) is 4.42. The molecule has 2 amide bonds. The van der Waals surface area contributed by atoms with E-state index in [2.05, 4.69) is 10.6 Å². The molecule has 0 bridgehead atoms. The molecule has 122 valence electrons. The van der Waals surface area contributed by atoms with Gasteiger partial charge < -0.3 is 15.5 Å². The fourth-order valence-electron chi connectivity index (χ4n) is 2.70. The predicted molar refractivity (Wildman–Crippen MR) is 93.3 cm³/mol. The van der Waals surface area contributed by atoms with Crippen molar-refractivity contribution in [2.45, 2.75) is 32.1 Å². The number of anilines is 1. The first kappa shape index (κ1) is 15.9. The molecule has 0 aromatic heterocycles. The Hall–Kier alpha value is -1.95. The Morgan fingerprint density at radius 3 is 2.30 bits per heavy atom. The Morgan fingerprint density at radius 1 is 1.04 bits per heavy atom. The first-order valence-corrected chi connectivity index (χ1v) is 8.55. The fourth-order valence-corrected chi connectivity index (χ4v) is 2.92. The number of thiocarbonyl (C=S) groups is 1. The number of piperidine rings is 1. The number of carbonyl (C=O) groups is 2. The summed E-state index contributed by atoms with van der Waals surface area (Å²) in [5.74, 6) is 0.194. The molecule has 1 heterocycles. The fraction of sp³-hybridized carbons (Fsp3) is 0.471. The van der Waals surface area contributed by atoms with E-state index in [1.165, 1.54) is 6.42 Å². The summed E-state index contributed by atoms with van der Waals surface area (Å²) in [5.41, 5.74) is 1.45. The maximum atomic E-state index is 12.4. The number of rotatable bonds is 3. The second kappa shape index (κ2) is 7.08. The van der Waals surface area contributed by atoms with Crippen molar-refractivity contribution < 1.29 is 9.59 Å². The molecule has 0 atom stereocenters. The quantitative estimate of drug-likeness (QED) is 0.836. The van der Waals surface area contributed by atoms with Crippen LogP contribution in [0.3, 0.4) is 0 Å². The van der Waals surface area contributed by atoms with Crippen LogP contribution in [-0.2, 0) is 4.79 Å². The Balaban J connectivity index is 1.54. The van der Waals surface area contributed by atoms with Gasteiger partial charge in [-0.1, -0.05) is 0 Å². The Labute approximate surface area is 141 Å². The number of amides is 2. The van der Waals surface area contributed by atoms with Crippen molar-refractivity contribution in [2.75, 3.05) is 18.4 Å². The van der Waals surface area contributed by atoms with Crippen molar-refractivity contribution in [1.29, 1.82) is 0 Å². The summed E-state index contributed by atoms with van der Waals surface area (Å²) >= 11 is 5.13. The van der Waals surface area contributed by atoms with Crippen LogP contribution in [0.2, 0.25) is 0 Å². The zero-order valence-electron chi connectivity index (χ0n) is 13.0. The van der Waals surface area contributed by atoms with Gasteiger partial charge in [0.05, 0.1) is 0 Å². The summed E-state index contributed by atoms with van der Waals surface area (Å²) in [6.07, 6.45) is 5.26. The van der Waals surface area contributed by atoms with Gasteiger partial charge in [0, 0.05) is 30.3 Å². The van der Waals surface area contributed by atoms with Crippen LogP contribution in [0.1, 0.15) is 42.5 Å². The molecule has 1 saturated carbocycles. The maximum absolute atomic E-state index is 12.4. The number of carbonyl (C=O) groups excluding carboxylic acids is 2. The largest absolute Gasteiger partial charge is 0.339 e. The van der Waals surface area contributed by atoms with E-state index in [1.807, 2.05) is 17.0 Å². The van der Waals surface area contributed by atoms with Crippen LogP contribution < -0.4 is 10.6 Å². The SMILES string of the molecule is O=C(NC(=S)Nc1ccc(C(=O)N2CCCCC2)cc1)C1CC1. The van der Waals surface area contributed by atoms with Crippen molar-refractivity contribution >= 4 is 34.8 Å². The van der Waals surface area contributed by atoms with E-state index in [0.29, 0.717) is 10.7 Å². The number of nitrogens with zero attached hydrogens (tertiary/aromatic N) is 1. The molecule has 3 rings (SSSR count). The highest BCUT2D eigenvalue weighted by Gasteiger charge is 2.30. The number of likely N-dealkylation sites (tertiary alicyclic amines) is 1. The minimum atomic E-state index is -0.0144. The smallest absolute Gasteiger partial charge is 0.253 e. The molecule has 23 heavy (non-hydrogen) atoms. The molecular weight excluding hydrogens is 310 g/mol. The highest BCUT2D eigenvalue weighted by atomic mass is 32.1. The third-order valence-electron chi connectivity index (χ3n) is 4.22. The van der Waals surface area contributed by atoms with Gasteiger partial charge in [0.2, 0.25) is 5.91 Å². The molecule has 0 unspecified atom stereocenters. The second-order valence-electron chi connectivity index (χ2n) is 6.15. The third kappa shape index (κ3) is 4.28. The topological polar surface area (TPSA) is 61.4 Å². The number of hydrogen-bond acceptors (Lipinski definition) is 3. The van der Waals surface area contributed by atoms with Crippen LogP contribution in [0.5, 0.6) is 0 Å². The van der Waals surface area contributed by atoms with Gasteiger partial charge in [0.15, 0.2) is 5.11 Å². The molecule has 1 saturated heterocycles. The summed E-state index contributed by atoms with van der Waals surface area (Å²) in [7, 11) is 0. The molecule has 0 radical (unpaired) electrons. The Morgan fingerprint density at radius 2 is 1.70 bits per heavy atom. The Bertz CT molecular complexity index is 605. The summed E-state index contributed by atoms with van der Waals surface area (Å²) in [4.78, 5) is 25.9. The van der Waals surface area contributed by atoms with Crippen molar-refractivity contribution in [3.05, 3.63) is 29.8 Å². The van der Waals surface area contributed by atoms with E-state index in [9.17, 15) is 9.59 Å². The molecule has 2 fully saturated rings. The highest BCUT2D eigenvalue weighted by molar-refractivity contribution is 7.80. The number of benzene rings is 1.